The molecule has 0 radical (unpaired) electrons. The molecule has 0 bridgehead atoms. The minimum atomic E-state index is -0.942. The second-order valence-electron chi connectivity index (χ2n) is 4.13. The summed E-state index contributed by atoms with van der Waals surface area (Å²) < 4.78 is 0. The van der Waals surface area contributed by atoms with Crippen LogP contribution in [0.4, 0.5) is 0 Å². The van der Waals surface area contributed by atoms with Crippen LogP contribution in [0.1, 0.15) is 27.7 Å². The zero-order valence-electron chi connectivity index (χ0n) is 9.37. The fraction of sp³-hybridized carbons (Fsp3) is 0.900. The van der Waals surface area contributed by atoms with Crippen molar-refractivity contribution in [3.8, 4) is 0 Å². The van der Waals surface area contributed by atoms with Gasteiger partial charge < -0.3 is 10.2 Å². The van der Waals surface area contributed by atoms with Gasteiger partial charge >= 0.3 is 5.97 Å². The van der Waals surface area contributed by atoms with Gasteiger partial charge in [-0.15, -0.1) is 0 Å². The fourth-order valence-electron chi connectivity index (χ4n) is 1.91. The first-order valence-electron chi connectivity index (χ1n) is 4.98. The number of carboxylic acids is 1. The zero-order valence-corrected chi connectivity index (χ0v) is 9.37. The summed E-state index contributed by atoms with van der Waals surface area (Å²) in [6.07, 6.45) is 0. The Morgan fingerprint density at radius 3 is 1.93 bits per heavy atom. The average molecular weight is 203 g/mol. The van der Waals surface area contributed by atoms with E-state index in [0.717, 1.165) is 0 Å². The molecule has 0 aliphatic heterocycles. The standard InChI is InChI=1S/C10H21NO3/c1-7(2)10(8(3)4,9(13)14)11-5-6-12/h7-8,11-12H,5-6H2,1-4H3,(H,13,14). The van der Waals surface area contributed by atoms with Crippen molar-refractivity contribution in [3.63, 3.8) is 0 Å². The molecule has 0 aliphatic rings. The number of carbonyl (C=O) groups is 1. The number of aliphatic hydroxyl groups is 1. The van der Waals surface area contributed by atoms with E-state index in [2.05, 4.69) is 5.32 Å². The number of rotatable bonds is 6. The Morgan fingerprint density at radius 2 is 1.71 bits per heavy atom. The number of aliphatic carboxylic acids is 1. The highest BCUT2D eigenvalue weighted by atomic mass is 16.4. The third kappa shape index (κ3) is 2.45. The molecule has 4 nitrogen and oxygen atoms in total. The maximum atomic E-state index is 11.3. The summed E-state index contributed by atoms with van der Waals surface area (Å²) in [7, 11) is 0. The van der Waals surface area contributed by atoms with Gasteiger partial charge in [0.15, 0.2) is 0 Å². The molecule has 0 aromatic carbocycles. The van der Waals surface area contributed by atoms with Crippen molar-refractivity contribution in [3.05, 3.63) is 0 Å². The Bertz CT molecular complexity index is 182. The highest BCUT2D eigenvalue weighted by Gasteiger charge is 2.43. The molecular formula is C10H21NO3. The molecule has 0 amide bonds. The Kier molecular flexibility index (Phi) is 5.08. The van der Waals surface area contributed by atoms with Gasteiger partial charge in [-0.2, -0.15) is 0 Å². The van der Waals surface area contributed by atoms with E-state index in [4.69, 9.17) is 5.11 Å². The van der Waals surface area contributed by atoms with Crippen LogP contribution < -0.4 is 5.32 Å². The highest BCUT2D eigenvalue weighted by Crippen LogP contribution is 2.26. The van der Waals surface area contributed by atoms with Crippen LogP contribution in [-0.2, 0) is 4.79 Å². The van der Waals surface area contributed by atoms with Crippen LogP contribution >= 0.6 is 0 Å². The molecule has 14 heavy (non-hydrogen) atoms. The summed E-state index contributed by atoms with van der Waals surface area (Å²) in [5.41, 5.74) is -0.942. The Labute approximate surface area is 85.3 Å². The molecule has 3 N–H and O–H groups in total. The molecule has 0 saturated heterocycles. The minimum Gasteiger partial charge on any atom is -0.480 e. The number of carboxylic acid groups (broad SMARTS) is 1. The van der Waals surface area contributed by atoms with Crippen LogP contribution in [0.2, 0.25) is 0 Å². The van der Waals surface area contributed by atoms with Crippen molar-refractivity contribution in [2.45, 2.75) is 33.2 Å². The molecule has 0 aliphatic carbocycles. The maximum absolute atomic E-state index is 11.3. The molecule has 0 saturated carbocycles. The van der Waals surface area contributed by atoms with Gasteiger partial charge in [0.05, 0.1) is 6.61 Å². The first-order valence-corrected chi connectivity index (χ1v) is 4.98. The molecular weight excluding hydrogens is 182 g/mol. The van der Waals surface area contributed by atoms with Crippen LogP contribution in [-0.4, -0.2) is 34.9 Å². The number of β-amino-alcohol motifs (C(OH)–C–C–N with tert-alkyl or cyclic N) is 1. The molecule has 0 spiro atoms. The van der Waals surface area contributed by atoms with Gasteiger partial charge in [-0.3, -0.25) is 10.1 Å². The molecule has 0 atom stereocenters. The molecule has 0 aromatic heterocycles. The van der Waals surface area contributed by atoms with E-state index >= 15 is 0 Å². The molecule has 0 unspecified atom stereocenters. The van der Waals surface area contributed by atoms with Crippen molar-refractivity contribution in [1.82, 2.24) is 5.32 Å². The van der Waals surface area contributed by atoms with Crippen molar-refractivity contribution in [2.75, 3.05) is 13.2 Å². The van der Waals surface area contributed by atoms with Crippen LogP contribution in [0.15, 0.2) is 0 Å². The fourth-order valence-corrected chi connectivity index (χ4v) is 1.91. The summed E-state index contributed by atoms with van der Waals surface area (Å²) in [6, 6.07) is 0. The third-order valence-corrected chi connectivity index (χ3v) is 2.70. The number of aliphatic hydroxyl groups excluding tert-OH is 1. The van der Waals surface area contributed by atoms with Crippen molar-refractivity contribution in [2.24, 2.45) is 11.8 Å². The molecule has 0 fully saturated rings. The van der Waals surface area contributed by atoms with Crippen LogP contribution in [0, 0.1) is 11.8 Å². The van der Waals surface area contributed by atoms with E-state index in [9.17, 15) is 9.90 Å². The molecule has 0 heterocycles. The monoisotopic (exact) mass is 203 g/mol. The van der Waals surface area contributed by atoms with Crippen molar-refractivity contribution < 1.29 is 15.0 Å². The van der Waals surface area contributed by atoms with E-state index in [0.29, 0.717) is 6.54 Å². The van der Waals surface area contributed by atoms with E-state index in [-0.39, 0.29) is 18.4 Å². The summed E-state index contributed by atoms with van der Waals surface area (Å²) in [4.78, 5) is 11.3. The van der Waals surface area contributed by atoms with Crippen molar-refractivity contribution in [1.29, 1.82) is 0 Å². The van der Waals surface area contributed by atoms with E-state index < -0.39 is 11.5 Å². The van der Waals surface area contributed by atoms with Gasteiger partial charge in [0.25, 0.3) is 0 Å². The lowest BCUT2D eigenvalue weighted by molar-refractivity contribution is -0.149. The lowest BCUT2D eigenvalue weighted by Crippen LogP contribution is -2.60. The number of nitrogens with one attached hydrogen (secondary N) is 1. The van der Waals surface area contributed by atoms with Gasteiger partial charge in [0, 0.05) is 6.54 Å². The number of hydrogen-bond donors (Lipinski definition) is 3. The zero-order chi connectivity index (χ0) is 11.4. The van der Waals surface area contributed by atoms with E-state index in [1.165, 1.54) is 0 Å². The first kappa shape index (κ1) is 13.4. The Morgan fingerprint density at radius 1 is 1.29 bits per heavy atom. The van der Waals surface area contributed by atoms with Crippen molar-refractivity contribution >= 4 is 5.97 Å². The minimum absolute atomic E-state index is 0.0217. The van der Waals surface area contributed by atoms with Gasteiger partial charge in [-0.1, -0.05) is 27.7 Å². The summed E-state index contributed by atoms with van der Waals surface area (Å²) in [6.45, 7) is 7.76. The molecule has 4 heteroatoms. The first-order chi connectivity index (χ1) is 6.39. The normalized spacial score (nSPS) is 12.5. The molecule has 84 valence electrons. The smallest absolute Gasteiger partial charge is 0.324 e. The topological polar surface area (TPSA) is 69.6 Å². The third-order valence-electron chi connectivity index (χ3n) is 2.70. The SMILES string of the molecule is CC(C)C(NCCO)(C(=O)O)C(C)C. The molecule has 0 rings (SSSR count). The Balaban J connectivity index is 4.85. The number of hydrogen-bond acceptors (Lipinski definition) is 3. The summed E-state index contributed by atoms with van der Waals surface area (Å²) in [5, 5.41) is 20.9. The largest absolute Gasteiger partial charge is 0.480 e. The van der Waals surface area contributed by atoms with Gasteiger partial charge in [-0.25, -0.2) is 0 Å². The lowest BCUT2D eigenvalue weighted by Gasteiger charge is -2.38. The van der Waals surface area contributed by atoms with Crippen LogP contribution in [0.5, 0.6) is 0 Å². The summed E-state index contributed by atoms with van der Waals surface area (Å²) in [5.74, 6) is -0.894. The average Bonchev–Trinajstić information content (AvgIpc) is 2.03. The molecule has 0 aromatic rings. The second-order valence-corrected chi connectivity index (χ2v) is 4.13. The van der Waals surface area contributed by atoms with Gasteiger partial charge in [0.1, 0.15) is 5.54 Å². The lowest BCUT2D eigenvalue weighted by atomic mass is 9.77. The highest BCUT2D eigenvalue weighted by molar-refractivity contribution is 5.79. The predicted octanol–water partition coefficient (Wildman–Crippen LogP) is 0.704. The van der Waals surface area contributed by atoms with E-state index in [1.807, 2.05) is 27.7 Å². The summed E-state index contributed by atoms with van der Waals surface area (Å²) >= 11 is 0. The second kappa shape index (κ2) is 5.32. The van der Waals surface area contributed by atoms with Crippen LogP contribution in [0.25, 0.3) is 0 Å². The maximum Gasteiger partial charge on any atom is 0.324 e. The quantitative estimate of drug-likeness (QED) is 0.594. The predicted molar refractivity (Wildman–Crippen MR) is 55.1 cm³/mol. The van der Waals surface area contributed by atoms with E-state index in [1.54, 1.807) is 0 Å². The van der Waals surface area contributed by atoms with Gasteiger partial charge in [0.2, 0.25) is 0 Å². The van der Waals surface area contributed by atoms with Crippen LogP contribution in [0.3, 0.4) is 0 Å². The Hall–Kier alpha value is -0.610. The van der Waals surface area contributed by atoms with Gasteiger partial charge in [-0.05, 0) is 11.8 Å².